The fraction of sp³-hybridized carbons (Fsp3) is 0.222. The van der Waals surface area contributed by atoms with Gasteiger partial charge in [-0.1, -0.05) is 0 Å². The quantitative estimate of drug-likeness (QED) is 0.549. The Bertz CT molecular complexity index is 251. The first-order valence-electron chi connectivity index (χ1n) is 3.43. The summed E-state index contributed by atoms with van der Waals surface area (Å²) >= 11 is 5.43. The van der Waals surface area contributed by atoms with Crippen molar-refractivity contribution in [1.29, 1.82) is 0 Å². The summed E-state index contributed by atoms with van der Waals surface area (Å²) in [6.07, 6.45) is 0. The summed E-state index contributed by atoms with van der Waals surface area (Å²) < 4.78 is 2.48. The van der Waals surface area contributed by atoms with E-state index in [2.05, 4.69) is 31.2 Å². The average Bonchev–Trinajstić information content (AvgIpc) is 1.93. The Kier molecular flexibility index (Phi) is 3.25. The van der Waals surface area contributed by atoms with Crippen molar-refractivity contribution < 1.29 is 0 Å². The van der Waals surface area contributed by atoms with Gasteiger partial charge < -0.3 is 0 Å². The van der Waals surface area contributed by atoms with E-state index in [-0.39, 0.29) is 0 Å². The van der Waals surface area contributed by atoms with Crippen molar-refractivity contribution in [3.63, 3.8) is 0 Å². The third-order valence-electron chi connectivity index (χ3n) is 1.28. The Labute approximate surface area is 79.2 Å². The van der Waals surface area contributed by atoms with E-state index < -0.39 is 0 Å². The summed E-state index contributed by atoms with van der Waals surface area (Å²) in [6.45, 7) is 4.11. The monoisotopic (exact) mass is 230 g/mol. The molecular weight excluding hydrogens is 219 g/mol. The molecule has 0 aliphatic rings. The second-order valence-corrected chi connectivity index (χ2v) is 6.30. The third kappa shape index (κ3) is 3.15. The molecule has 2 heteroatoms. The summed E-state index contributed by atoms with van der Waals surface area (Å²) in [7, 11) is 0. The molecule has 0 aromatic heterocycles. The second-order valence-electron chi connectivity index (χ2n) is 2.41. The molecule has 0 N–H and O–H groups in total. The zero-order valence-electron chi connectivity index (χ0n) is 6.63. The second kappa shape index (κ2) is 4.01. The molecule has 1 rings (SSSR count). The maximum absolute atomic E-state index is 5.04. The van der Waals surface area contributed by atoms with Crippen LogP contribution < -0.4 is 4.46 Å². The van der Waals surface area contributed by atoms with Crippen LogP contribution in [0.4, 0.5) is 0 Å². The molecule has 0 spiro atoms. The van der Waals surface area contributed by atoms with E-state index in [1.54, 1.807) is 0 Å². The van der Waals surface area contributed by atoms with Crippen molar-refractivity contribution >= 4 is 35.4 Å². The first-order chi connectivity index (χ1) is 5.18. The number of thiocarbonyl (C=S) groups is 1. The Balaban J connectivity index is 2.74. The van der Waals surface area contributed by atoms with Crippen LogP contribution in [-0.4, -0.2) is 18.7 Å². The van der Waals surface area contributed by atoms with Crippen molar-refractivity contribution in [2.45, 2.75) is 13.8 Å². The fourth-order valence-electron chi connectivity index (χ4n) is 0.772. The zero-order valence-corrected chi connectivity index (χ0v) is 9.16. The van der Waals surface area contributed by atoms with Gasteiger partial charge in [0.25, 0.3) is 0 Å². The molecule has 11 heavy (non-hydrogen) atoms. The van der Waals surface area contributed by atoms with Gasteiger partial charge >= 0.3 is 79.1 Å². The van der Waals surface area contributed by atoms with Crippen LogP contribution in [0, 0.1) is 6.92 Å². The molecule has 0 amide bonds. The van der Waals surface area contributed by atoms with Gasteiger partial charge in [-0.3, -0.25) is 0 Å². The summed E-state index contributed by atoms with van der Waals surface area (Å²) in [4.78, 5) is 0. The van der Waals surface area contributed by atoms with Crippen LogP contribution in [0.25, 0.3) is 0 Å². The van der Waals surface area contributed by atoms with Crippen molar-refractivity contribution in [3.05, 3.63) is 29.8 Å². The third-order valence-corrected chi connectivity index (χ3v) is 3.38. The topological polar surface area (TPSA) is 0 Å². The van der Waals surface area contributed by atoms with Crippen LogP contribution in [0.2, 0.25) is 0 Å². The van der Waals surface area contributed by atoms with Crippen molar-refractivity contribution in [1.82, 2.24) is 0 Å². The Morgan fingerprint density at radius 1 is 1.27 bits per heavy atom. The number of aryl methyl sites for hydroxylation is 1. The van der Waals surface area contributed by atoms with Crippen molar-refractivity contribution in [3.8, 4) is 0 Å². The van der Waals surface area contributed by atoms with Gasteiger partial charge in [-0.2, -0.15) is 0 Å². The first-order valence-corrected chi connectivity index (χ1v) is 5.56. The van der Waals surface area contributed by atoms with Crippen LogP contribution in [0.5, 0.6) is 0 Å². The molecule has 0 aliphatic heterocycles. The number of rotatable bonds is 2. The SMILES string of the molecule is CC(=S)[Se]c1ccc(C)cc1. The number of hydrogen-bond donors (Lipinski definition) is 0. The molecule has 0 aliphatic carbocycles. The standard InChI is InChI=1S/C9H10SSe/c1-7-3-5-9(6-4-7)11-8(2)10/h3-6H,1-2H3. The molecule has 0 saturated heterocycles. The molecule has 0 unspecified atom stereocenters. The van der Waals surface area contributed by atoms with Crippen LogP contribution in [0.3, 0.4) is 0 Å². The molecule has 0 atom stereocenters. The van der Waals surface area contributed by atoms with Gasteiger partial charge in [0.05, 0.1) is 0 Å². The molecule has 0 bridgehead atoms. The van der Waals surface area contributed by atoms with Crippen LogP contribution in [0.15, 0.2) is 24.3 Å². The van der Waals surface area contributed by atoms with Gasteiger partial charge in [0, 0.05) is 0 Å². The normalized spacial score (nSPS) is 9.64. The minimum atomic E-state index is 0.392. The number of benzene rings is 1. The fourth-order valence-corrected chi connectivity index (χ4v) is 2.54. The summed E-state index contributed by atoms with van der Waals surface area (Å²) in [5.74, 6) is 0. The van der Waals surface area contributed by atoms with E-state index >= 15 is 0 Å². The van der Waals surface area contributed by atoms with Gasteiger partial charge in [0.15, 0.2) is 0 Å². The van der Waals surface area contributed by atoms with E-state index in [0.29, 0.717) is 15.0 Å². The van der Waals surface area contributed by atoms with Gasteiger partial charge in [0.1, 0.15) is 0 Å². The summed E-state index contributed by atoms with van der Waals surface area (Å²) in [5, 5.41) is 0. The number of hydrogen-bond acceptors (Lipinski definition) is 1. The summed E-state index contributed by atoms with van der Waals surface area (Å²) in [5.41, 5.74) is 1.31. The zero-order chi connectivity index (χ0) is 8.27. The Morgan fingerprint density at radius 3 is 2.27 bits per heavy atom. The van der Waals surface area contributed by atoms with Gasteiger partial charge in [-0.15, -0.1) is 0 Å². The molecule has 0 saturated carbocycles. The van der Waals surface area contributed by atoms with E-state index in [1.807, 2.05) is 6.92 Å². The van der Waals surface area contributed by atoms with E-state index in [0.717, 1.165) is 3.76 Å². The molecule has 0 heterocycles. The van der Waals surface area contributed by atoms with Gasteiger partial charge in [-0.25, -0.2) is 0 Å². The van der Waals surface area contributed by atoms with Crippen molar-refractivity contribution in [2.24, 2.45) is 0 Å². The molecular formula is C9H10SSe. The van der Waals surface area contributed by atoms with Crippen LogP contribution >= 0.6 is 12.2 Å². The van der Waals surface area contributed by atoms with Crippen LogP contribution in [0.1, 0.15) is 12.5 Å². The molecule has 0 nitrogen and oxygen atoms in total. The first kappa shape index (κ1) is 8.92. The predicted octanol–water partition coefficient (Wildman–Crippen LogP) is 1.67. The molecule has 58 valence electrons. The Morgan fingerprint density at radius 2 is 1.82 bits per heavy atom. The van der Waals surface area contributed by atoms with E-state index in [9.17, 15) is 0 Å². The van der Waals surface area contributed by atoms with Gasteiger partial charge in [-0.05, 0) is 0 Å². The summed E-state index contributed by atoms with van der Waals surface area (Å²) in [6, 6.07) is 8.58. The molecule has 1 aromatic carbocycles. The van der Waals surface area contributed by atoms with E-state index in [4.69, 9.17) is 12.2 Å². The molecule has 0 fully saturated rings. The van der Waals surface area contributed by atoms with Crippen molar-refractivity contribution in [2.75, 3.05) is 0 Å². The minimum absolute atomic E-state index is 0.392. The van der Waals surface area contributed by atoms with Crippen LogP contribution in [-0.2, 0) is 0 Å². The average molecular weight is 229 g/mol. The van der Waals surface area contributed by atoms with Gasteiger partial charge in [0.2, 0.25) is 0 Å². The van der Waals surface area contributed by atoms with E-state index in [1.165, 1.54) is 10.0 Å². The Hall–Kier alpha value is -0.171. The molecule has 1 aromatic rings. The maximum atomic E-state index is 5.04. The molecule has 0 radical (unpaired) electrons. The predicted molar refractivity (Wildman–Crippen MR) is 54.8 cm³/mol.